The van der Waals surface area contributed by atoms with Gasteiger partial charge in [0.15, 0.2) is 0 Å². The fourth-order valence-electron chi connectivity index (χ4n) is 3.23. The van der Waals surface area contributed by atoms with E-state index in [1.165, 1.54) is 5.19 Å². The molecule has 0 saturated carbocycles. The molecule has 0 aromatic heterocycles. The molecule has 2 rings (SSSR count). The van der Waals surface area contributed by atoms with E-state index in [-0.39, 0.29) is 5.95 Å². The molecule has 3 heteroatoms. The van der Waals surface area contributed by atoms with Gasteiger partial charge in [0.05, 0.1) is 8.07 Å². The SMILES string of the molecule is CC(C)C(/C=C(/O)OCc1ccccc1)[Si](C)(C)c1ccccc1. The Labute approximate surface area is 146 Å². The van der Waals surface area contributed by atoms with Crippen molar-refractivity contribution < 1.29 is 9.84 Å². The number of hydrogen-bond acceptors (Lipinski definition) is 2. The Bertz CT molecular complexity index is 648. The van der Waals surface area contributed by atoms with E-state index in [2.05, 4.69) is 57.3 Å². The highest BCUT2D eigenvalue weighted by Gasteiger charge is 2.34. The third-order valence-corrected chi connectivity index (χ3v) is 8.94. The summed E-state index contributed by atoms with van der Waals surface area (Å²) in [5.41, 5.74) is 1.36. The van der Waals surface area contributed by atoms with Crippen LogP contribution in [0, 0.1) is 5.92 Å². The maximum absolute atomic E-state index is 10.3. The molecule has 24 heavy (non-hydrogen) atoms. The minimum Gasteiger partial charge on any atom is -0.481 e. The lowest BCUT2D eigenvalue weighted by molar-refractivity contribution is 0.0809. The first kappa shape index (κ1) is 18.3. The molecule has 0 heterocycles. The largest absolute Gasteiger partial charge is 0.481 e. The van der Waals surface area contributed by atoms with Crippen LogP contribution in [0.4, 0.5) is 0 Å². The fourth-order valence-corrected chi connectivity index (χ4v) is 6.89. The summed E-state index contributed by atoms with van der Waals surface area (Å²) in [4.78, 5) is 0. The van der Waals surface area contributed by atoms with Crippen LogP contribution in [0.5, 0.6) is 0 Å². The van der Waals surface area contributed by atoms with Crippen LogP contribution in [-0.2, 0) is 11.3 Å². The van der Waals surface area contributed by atoms with Gasteiger partial charge in [-0.25, -0.2) is 0 Å². The predicted octanol–water partition coefficient (Wildman–Crippen LogP) is 5.24. The first-order valence-corrected chi connectivity index (χ1v) is 11.6. The van der Waals surface area contributed by atoms with E-state index in [0.717, 1.165) is 5.56 Å². The van der Waals surface area contributed by atoms with Gasteiger partial charge in [0, 0.05) is 0 Å². The highest BCUT2D eigenvalue weighted by molar-refractivity contribution is 6.91. The normalized spacial score (nSPS) is 13.8. The fraction of sp³-hybridized carbons (Fsp3) is 0.333. The maximum atomic E-state index is 10.3. The van der Waals surface area contributed by atoms with E-state index >= 15 is 0 Å². The van der Waals surface area contributed by atoms with Crippen molar-refractivity contribution >= 4 is 13.3 Å². The number of rotatable bonds is 7. The van der Waals surface area contributed by atoms with Crippen molar-refractivity contribution in [2.45, 2.75) is 39.1 Å². The molecular formula is C21H28O2Si. The van der Waals surface area contributed by atoms with Crippen LogP contribution in [0.25, 0.3) is 0 Å². The Kier molecular flexibility index (Phi) is 6.27. The molecule has 0 aliphatic carbocycles. The zero-order valence-corrected chi connectivity index (χ0v) is 16.1. The number of ether oxygens (including phenoxy) is 1. The smallest absolute Gasteiger partial charge is 0.272 e. The lowest BCUT2D eigenvalue weighted by Gasteiger charge is -2.34. The monoisotopic (exact) mass is 340 g/mol. The van der Waals surface area contributed by atoms with E-state index in [9.17, 15) is 5.11 Å². The van der Waals surface area contributed by atoms with Crippen LogP contribution in [0.2, 0.25) is 18.6 Å². The van der Waals surface area contributed by atoms with Gasteiger partial charge in [-0.15, -0.1) is 0 Å². The number of aliphatic hydroxyl groups is 1. The van der Waals surface area contributed by atoms with Crippen molar-refractivity contribution in [2.75, 3.05) is 0 Å². The molecule has 0 amide bonds. The topological polar surface area (TPSA) is 29.5 Å². The minimum atomic E-state index is -1.76. The molecule has 0 bridgehead atoms. The molecule has 0 saturated heterocycles. The number of benzene rings is 2. The molecule has 1 unspecified atom stereocenters. The van der Waals surface area contributed by atoms with Gasteiger partial charge in [-0.1, -0.05) is 92.8 Å². The van der Waals surface area contributed by atoms with E-state index in [4.69, 9.17) is 4.74 Å². The Morgan fingerprint density at radius 1 is 1.00 bits per heavy atom. The van der Waals surface area contributed by atoms with Crippen LogP contribution in [-0.4, -0.2) is 13.2 Å². The number of aliphatic hydroxyl groups excluding tert-OH is 1. The molecule has 0 fully saturated rings. The van der Waals surface area contributed by atoms with Crippen molar-refractivity contribution in [3.63, 3.8) is 0 Å². The highest BCUT2D eigenvalue weighted by Crippen LogP contribution is 2.32. The molecule has 0 spiro atoms. The molecule has 128 valence electrons. The summed E-state index contributed by atoms with van der Waals surface area (Å²) in [7, 11) is -1.76. The number of hydrogen-bond donors (Lipinski definition) is 1. The van der Waals surface area contributed by atoms with Gasteiger partial charge in [0.1, 0.15) is 6.61 Å². The van der Waals surface area contributed by atoms with Crippen LogP contribution >= 0.6 is 0 Å². The van der Waals surface area contributed by atoms with Crippen molar-refractivity contribution in [3.8, 4) is 0 Å². The van der Waals surface area contributed by atoms with Crippen molar-refractivity contribution in [2.24, 2.45) is 5.92 Å². The van der Waals surface area contributed by atoms with E-state index < -0.39 is 8.07 Å². The van der Waals surface area contributed by atoms with Crippen LogP contribution in [0.15, 0.2) is 72.7 Å². The second kappa shape index (κ2) is 8.20. The third-order valence-electron chi connectivity index (χ3n) is 4.62. The van der Waals surface area contributed by atoms with Crippen LogP contribution in [0.1, 0.15) is 19.4 Å². The first-order valence-electron chi connectivity index (χ1n) is 8.54. The lowest BCUT2D eigenvalue weighted by Crippen LogP contribution is -2.47. The van der Waals surface area contributed by atoms with Crippen molar-refractivity contribution in [1.29, 1.82) is 0 Å². The molecule has 2 aromatic rings. The quantitative estimate of drug-likeness (QED) is 0.551. The van der Waals surface area contributed by atoms with Gasteiger partial charge in [0.25, 0.3) is 5.95 Å². The van der Waals surface area contributed by atoms with Gasteiger partial charge < -0.3 is 9.84 Å². The predicted molar refractivity (Wildman–Crippen MR) is 104 cm³/mol. The average Bonchev–Trinajstić information content (AvgIpc) is 2.59. The molecule has 0 aliphatic rings. The van der Waals surface area contributed by atoms with Gasteiger partial charge in [-0.2, -0.15) is 0 Å². The molecular weight excluding hydrogens is 312 g/mol. The average molecular weight is 341 g/mol. The summed E-state index contributed by atoms with van der Waals surface area (Å²) in [6.07, 6.45) is 1.92. The second-order valence-electron chi connectivity index (χ2n) is 7.14. The molecule has 2 nitrogen and oxygen atoms in total. The Balaban J connectivity index is 2.15. The highest BCUT2D eigenvalue weighted by atomic mass is 28.3. The van der Waals surface area contributed by atoms with Crippen LogP contribution in [0.3, 0.4) is 0 Å². The van der Waals surface area contributed by atoms with Crippen molar-refractivity contribution in [3.05, 3.63) is 78.2 Å². The van der Waals surface area contributed by atoms with Gasteiger partial charge in [-0.05, 0) is 23.1 Å². The lowest BCUT2D eigenvalue weighted by atomic mass is 10.1. The maximum Gasteiger partial charge on any atom is 0.272 e. The van der Waals surface area contributed by atoms with E-state index in [0.29, 0.717) is 18.1 Å². The summed E-state index contributed by atoms with van der Waals surface area (Å²) >= 11 is 0. The summed E-state index contributed by atoms with van der Waals surface area (Å²) in [6, 6.07) is 20.6. The standard InChI is InChI=1S/C21H28O2Si/c1-17(2)20(24(3,4)19-13-9-6-10-14-19)15-21(22)23-16-18-11-7-5-8-12-18/h5-15,17,20,22H,16H2,1-4H3/b21-15-. The van der Waals surface area contributed by atoms with Gasteiger partial charge >= 0.3 is 0 Å². The second-order valence-corrected chi connectivity index (χ2v) is 11.8. The van der Waals surface area contributed by atoms with E-state index in [1.54, 1.807) is 0 Å². The Hall–Kier alpha value is -2.00. The molecule has 0 radical (unpaired) electrons. The minimum absolute atomic E-state index is 0.0362. The van der Waals surface area contributed by atoms with Gasteiger partial charge in [0.2, 0.25) is 0 Å². The molecule has 1 N–H and O–H groups in total. The van der Waals surface area contributed by atoms with Crippen LogP contribution < -0.4 is 5.19 Å². The summed E-state index contributed by atoms with van der Waals surface area (Å²) in [5, 5.41) is 11.7. The molecule has 2 aromatic carbocycles. The zero-order valence-electron chi connectivity index (χ0n) is 15.1. The van der Waals surface area contributed by atoms with E-state index in [1.807, 2.05) is 36.4 Å². The molecule has 0 aliphatic heterocycles. The summed E-state index contributed by atoms with van der Waals surface area (Å²) in [5.74, 6) is 0.475. The Morgan fingerprint density at radius 3 is 2.08 bits per heavy atom. The summed E-state index contributed by atoms with van der Waals surface area (Å²) < 4.78 is 5.58. The molecule has 1 atom stereocenters. The zero-order chi connectivity index (χ0) is 17.6. The number of allylic oxidation sites excluding steroid dienone is 1. The Morgan fingerprint density at radius 2 is 1.54 bits per heavy atom. The van der Waals surface area contributed by atoms with Crippen molar-refractivity contribution in [1.82, 2.24) is 0 Å². The first-order chi connectivity index (χ1) is 11.4. The third kappa shape index (κ3) is 4.75. The van der Waals surface area contributed by atoms with Gasteiger partial charge in [-0.3, -0.25) is 0 Å². The summed E-state index contributed by atoms with van der Waals surface area (Å²) in [6.45, 7) is 9.52.